The minimum Gasteiger partial charge on any atom is -0.496 e. The smallest absolute Gasteiger partial charge is 0.264 e. The molecule has 9 heteroatoms. The van der Waals surface area contributed by atoms with Gasteiger partial charge in [-0.1, -0.05) is 6.07 Å². The zero-order valence-electron chi connectivity index (χ0n) is 22.8. The van der Waals surface area contributed by atoms with E-state index >= 15 is 0 Å². The lowest BCUT2D eigenvalue weighted by Crippen LogP contribution is -2.34. The van der Waals surface area contributed by atoms with Crippen molar-refractivity contribution in [2.45, 2.75) is 25.8 Å². The van der Waals surface area contributed by atoms with Crippen molar-refractivity contribution in [1.29, 1.82) is 0 Å². The normalized spacial score (nSPS) is 12.8. The summed E-state index contributed by atoms with van der Waals surface area (Å²) < 4.78 is 25.3. The number of carbonyl (C=O) groups is 2. The lowest BCUT2D eigenvalue weighted by Gasteiger charge is -2.22. The number of hydrogen-bond donors (Lipinski definition) is 1. The second-order valence-electron chi connectivity index (χ2n) is 9.93. The maximum absolute atomic E-state index is 14.0. The van der Waals surface area contributed by atoms with E-state index in [-0.39, 0.29) is 23.7 Å². The average Bonchev–Trinajstić information content (AvgIpc) is 3.76. The highest BCUT2D eigenvalue weighted by Crippen LogP contribution is 2.39. The zero-order valence-corrected chi connectivity index (χ0v) is 22.8. The van der Waals surface area contributed by atoms with Gasteiger partial charge in [-0.2, -0.15) is 0 Å². The van der Waals surface area contributed by atoms with Gasteiger partial charge >= 0.3 is 0 Å². The molecule has 8 nitrogen and oxygen atoms in total. The fourth-order valence-electron chi connectivity index (χ4n) is 5.05. The number of anilines is 1. The lowest BCUT2D eigenvalue weighted by atomic mass is 9.95. The number of rotatable bonds is 7. The fraction of sp³-hybridized carbons (Fsp3) is 0.188. The Kier molecular flexibility index (Phi) is 6.70. The van der Waals surface area contributed by atoms with Crippen LogP contribution in [0.4, 0.5) is 10.3 Å². The Hall–Kier alpha value is -5.05. The van der Waals surface area contributed by atoms with Gasteiger partial charge in [0, 0.05) is 36.4 Å². The number of ether oxygens (including phenoxy) is 1. The first-order valence-corrected chi connectivity index (χ1v) is 13.2. The molecule has 3 aromatic carbocycles. The van der Waals surface area contributed by atoms with E-state index in [1.54, 1.807) is 48.6 Å². The molecular formula is C32H27FN4O4. The van der Waals surface area contributed by atoms with Crippen LogP contribution in [-0.2, 0) is 0 Å². The van der Waals surface area contributed by atoms with Crippen molar-refractivity contribution in [1.82, 2.24) is 15.3 Å². The Labute approximate surface area is 235 Å². The van der Waals surface area contributed by atoms with E-state index in [0.717, 1.165) is 29.5 Å². The summed E-state index contributed by atoms with van der Waals surface area (Å²) in [5, 5.41) is 3.28. The van der Waals surface area contributed by atoms with Crippen molar-refractivity contribution in [2.75, 3.05) is 19.1 Å². The highest BCUT2D eigenvalue weighted by molar-refractivity contribution is 6.12. The molecule has 41 heavy (non-hydrogen) atoms. The molecule has 0 bridgehead atoms. The van der Waals surface area contributed by atoms with E-state index in [4.69, 9.17) is 9.15 Å². The highest BCUT2D eigenvalue weighted by atomic mass is 19.1. The Bertz CT molecular complexity index is 1780. The van der Waals surface area contributed by atoms with Gasteiger partial charge in [0.15, 0.2) is 0 Å². The van der Waals surface area contributed by atoms with Gasteiger partial charge in [0.05, 0.1) is 18.2 Å². The molecule has 0 aliphatic heterocycles. The van der Waals surface area contributed by atoms with Crippen molar-refractivity contribution in [3.63, 3.8) is 0 Å². The topological polar surface area (TPSA) is 97.6 Å². The molecule has 206 valence electrons. The van der Waals surface area contributed by atoms with Crippen LogP contribution in [0.3, 0.4) is 0 Å². The van der Waals surface area contributed by atoms with E-state index in [9.17, 15) is 14.0 Å². The van der Waals surface area contributed by atoms with Crippen LogP contribution < -0.4 is 15.0 Å². The molecule has 0 radical (unpaired) electrons. The van der Waals surface area contributed by atoms with Gasteiger partial charge in [0.1, 0.15) is 22.9 Å². The van der Waals surface area contributed by atoms with Crippen molar-refractivity contribution < 1.29 is 23.1 Å². The standard InChI is InChI=1S/C32H27FN4O4/c1-18-15-27(40-3)25(31(39)37(22-10-11-22)32-35-13-4-14-36-32)17-23(18)20-7-12-26-24(16-20)28(30(38)34-2)29(41-26)19-5-8-21(33)9-6-19/h4-9,12-17,22H,10-11H2,1-3H3,(H,34,38). The minimum absolute atomic E-state index is 0.0293. The summed E-state index contributed by atoms with van der Waals surface area (Å²) in [6.45, 7) is 1.94. The Morgan fingerprint density at radius 2 is 1.73 bits per heavy atom. The fourth-order valence-corrected chi connectivity index (χ4v) is 5.05. The van der Waals surface area contributed by atoms with Gasteiger partial charge < -0.3 is 14.5 Å². The first-order valence-electron chi connectivity index (χ1n) is 13.2. The third-order valence-electron chi connectivity index (χ3n) is 7.23. The number of aromatic nitrogens is 2. The van der Waals surface area contributed by atoms with E-state index in [0.29, 0.717) is 45.1 Å². The lowest BCUT2D eigenvalue weighted by molar-refractivity contribution is 0.0961. The molecule has 2 aromatic heterocycles. The van der Waals surface area contributed by atoms with Gasteiger partial charge in [0.2, 0.25) is 5.95 Å². The number of nitrogens with one attached hydrogen (secondary N) is 1. The Morgan fingerprint density at radius 3 is 2.39 bits per heavy atom. The second kappa shape index (κ2) is 10.5. The number of furan rings is 1. The number of methoxy groups -OCH3 is 1. The van der Waals surface area contributed by atoms with Crippen LogP contribution in [0.15, 0.2) is 77.5 Å². The average molecular weight is 551 g/mol. The summed E-state index contributed by atoms with van der Waals surface area (Å²) >= 11 is 0. The predicted octanol–water partition coefficient (Wildman–Crippen LogP) is 6.18. The molecule has 0 unspecified atom stereocenters. The first-order chi connectivity index (χ1) is 19.9. The summed E-state index contributed by atoms with van der Waals surface area (Å²) in [5.41, 5.74) is 4.30. The quantitative estimate of drug-likeness (QED) is 0.260. The van der Waals surface area contributed by atoms with Crippen molar-refractivity contribution in [3.05, 3.63) is 95.6 Å². The maximum atomic E-state index is 14.0. The molecule has 1 fully saturated rings. The molecule has 0 saturated heterocycles. The summed E-state index contributed by atoms with van der Waals surface area (Å²) in [6.07, 6.45) is 4.99. The molecule has 1 saturated carbocycles. The summed E-state index contributed by atoms with van der Waals surface area (Å²) in [5.74, 6) is 0.200. The number of nitrogens with zero attached hydrogens (tertiary/aromatic N) is 3. The monoisotopic (exact) mass is 550 g/mol. The molecule has 2 heterocycles. The molecule has 1 aliphatic carbocycles. The molecule has 1 N–H and O–H groups in total. The van der Waals surface area contributed by atoms with Gasteiger partial charge in [-0.3, -0.25) is 14.5 Å². The molecular weight excluding hydrogens is 523 g/mol. The number of aryl methyl sites for hydroxylation is 1. The van der Waals surface area contributed by atoms with Crippen LogP contribution in [0.25, 0.3) is 33.4 Å². The highest BCUT2D eigenvalue weighted by Gasteiger charge is 2.37. The van der Waals surface area contributed by atoms with Gasteiger partial charge in [-0.05, 0) is 91.1 Å². The van der Waals surface area contributed by atoms with Crippen LogP contribution in [-0.4, -0.2) is 42.0 Å². The van der Waals surface area contributed by atoms with Crippen molar-refractivity contribution in [3.8, 4) is 28.2 Å². The van der Waals surface area contributed by atoms with Gasteiger partial charge in [0.25, 0.3) is 11.8 Å². The summed E-state index contributed by atoms with van der Waals surface area (Å²) in [6, 6.07) is 16.8. The molecule has 1 aliphatic rings. The maximum Gasteiger partial charge on any atom is 0.264 e. The SMILES string of the molecule is CNC(=O)c1c(-c2ccc(F)cc2)oc2ccc(-c3cc(C(=O)N(c4ncccn4)C4CC4)c(OC)cc3C)cc12. The van der Waals surface area contributed by atoms with Crippen molar-refractivity contribution >= 4 is 28.7 Å². The van der Waals surface area contributed by atoms with E-state index in [1.165, 1.54) is 19.2 Å². The Morgan fingerprint density at radius 1 is 1.02 bits per heavy atom. The number of halogens is 1. The van der Waals surface area contributed by atoms with E-state index < -0.39 is 0 Å². The summed E-state index contributed by atoms with van der Waals surface area (Å²) in [7, 11) is 3.09. The number of benzene rings is 3. The van der Waals surface area contributed by atoms with Gasteiger partial charge in [-0.25, -0.2) is 14.4 Å². The third-order valence-corrected chi connectivity index (χ3v) is 7.23. The number of amides is 2. The third kappa shape index (κ3) is 4.80. The van der Waals surface area contributed by atoms with Crippen LogP contribution in [0.1, 0.15) is 39.1 Å². The molecule has 6 rings (SSSR count). The largest absolute Gasteiger partial charge is 0.496 e. The molecule has 5 aromatic rings. The van der Waals surface area contributed by atoms with Crippen LogP contribution in [0.2, 0.25) is 0 Å². The van der Waals surface area contributed by atoms with Crippen LogP contribution >= 0.6 is 0 Å². The number of carbonyl (C=O) groups excluding carboxylic acids is 2. The molecule has 2 amide bonds. The zero-order chi connectivity index (χ0) is 28.7. The second-order valence-corrected chi connectivity index (χ2v) is 9.93. The van der Waals surface area contributed by atoms with Gasteiger partial charge in [-0.15, -0.1) is 0 Å². The van der Waals surface area contributed by atoms with Crippen LogP contribution in [0, 0.1) is 12.7 Å². The van der Waals surface area contributed by atoms with E-state index in [2.05, 4.69) is 15.3 Å². The van der Waals surface area contributed by atoms with Crippen LogP contribution in [0.5, 0.6) is 5.75 Å². The van der Waals surface area contributed by atoms with E-state index in [1.807, 2.05) is 31.2 Å². The predicted molar refractivity (Wildman–Crippen MR) is 154 cm³/mol. The minimum atomic E-state index is -0.381. The Balaban J connectivity index is 1.48. The molecule has 0 spiro atoms. The number of fused-ring (bicyclic) bond motifs is 1. The van der Waals surface area contributed by atoms with Crippen molar-refractivity contribution in [2.24, 2.45) is 0 Å². The first kappa shape index (κ1) is 26.2. The summed E-state index contributed by atoms with van der Waals surface area (Å²) in [4.78, 5) is 37.3. The molecule has 0 atom stereocenters. The number of hydrogen-bond acceptors (Lipinski definition) is 6.